The van der Waals surface area contributed by atoms with Gasteiger partial charge in [-0.1, -0.05) is 39.0 Å². The summed E-state index contributed by atoms with van der Waals surface area (Å²) < 4.78 is 0. The van der Waals surface area contributed by atoms with Gasteiger partial charge >= 0.3 is 0 Å². The van der Waals surface area contributed by atoms with Crippen molar-refractivity contribution < 1.29 is 0 Å². The van der Waals surface area contributed by atoms with Crippen molar-refractivity contribution in [2.24, 2.45) is 5.73 Å². The summed E-state index contributed by atoms with van der Waals surface area (Å²) in [6.45, 7) is 2.24. The van der Waals surface area contributed by atoms with Gasteiger partial charge in [-0.3, -0.25) is 0 Å². The van der Waals surface area contributed by atoms with Crippen LogP contribution in [0.5, 0.6) is 0 Å². The lowest BCUT2D eigenvalue weighted by molar-refractivity contribution is 0.272. The number of hydrogen-bond acceptors (Lipinski definition) is 1. The normalized spacial score (nSPS) is 23.5. The Morgan fingerprint density at radius 1 is 1.18 bits per heavy atom. The van der Waals surface area contributed by atoms with Crippen molar-refractivity contribution in [1.82, 2.24) is 0 Å². The predicted octanol–water partition coefficient (Wildman–Crippen LogP) is 2.84. The van der Waals surface area contributed by atoms with Gasteiger partial charge in [-0.05, 0) is 19.3 Å². The molecule has 1 nitrogen and oxygen atoms in total. The Balaban J connectivity index is 2.25. The molecule has 0 unspecified atom stereocenters. The molecule has 66 valence electrons. The smallest absolute Gasteiger partial charge is 0.0154 e. The highest BCUT2D eigenvalue weighted by atomic mass is 14.7. The number of hydrogen-bond donors (Lipinski definition) is 1. The van der Waals surface area contributed by atoms with Crippen LogP contribution in [0, 0.1) is 0 Å². The van der Waals surface area contributed by atoms with Crippen molar-refractivity contribution in [2.45, 2.75) is 63.8 Å². The summed E-state index contributed by atoms with van der Waals surface area (Å²) >= 11 is 0. The third-order valence-corrected chi connectivity index (χ3v) is 2.88. The molecule has 1 aliphatic rings. The molecular weight excluding hydrogens is 134 g/mol. The largest absolute Gasteiger partial charge is 0.325 e. The van der Waals surface area contributed by atoms with Gasteiger partial charge in [-0.2, -0.15) is 0 Å². The second-order valence-electron chi connectivity index (χ2n) is 4.03. The molecule has 0 aliphatic heterocycles. The Labute approximate surface area is 70.4 Å². The SMILES string of the molecule is CCCCC1(N)CCCCC1. The van der Waals surface area contributed by atoms with E-state index in [1.165, 1.54) is 51.4 Å². The zero-order valence-electron chi connectivity index (χ0n) is 7.73. The van der Waals surface area contributed by atoms with Crippen molar-refractivity contribution in [1.29, 1.82) is 0 Å². The molecule has 0 amide bonds. The standard InChI is InChI=1S/C10H21N/c1-2-3-7-10(11)8-5-4-6-9-10/h2-9,11H2,1H3. The van der Waals surface area contributed by atoms with Crippen LogP contribution in [0.15, 0.2) is 0 Å². The Hall–Kier alpha value is -0.0400. The van der Waals surface area contributed by atoms with E-state index >= 15 is 0 Å². The molecule has 0 aromatic carbocycles. The van der Waals surface area contributed by atoms with E-state index in [-0.39, 0.29) is 5.54 Å². The van der Waals surface area contributed by atoms with Gasteiger partial charge in [0.2, 0.25) is 0 Å². The van der Waals surface area contributed by atoms with Crippen LogP contribution in [-0.4, -0.2) is 5.54 Å². The molecule has 1 heteroatoms. The number of unbranched alkanes of at least 4 members (excludes halogenated alkanes) is 1. The van der Waals surface area contributed by atoms with Gasteiger partial charge in [-0.25, -0.2) is 0 Å². The van der Waals surface area contributed by atoms with Gasteiger partial charge in [0.1, 0.15) is 0 Å². The lowest BCUT2D eigenvalue weighted by atomic mass is 9.79. The molecule has 0 atom stereocenters. The van der Waals surface area contributed by atoms with Crippen molar-refractivity contribution >= 4 is 0 Å². The molecule has 2 N–H and O–H groups in total. The van der Waals surface area contributed by atoms with Crippen LogP contribution in [-0.2, 0) is 0 Å². The third-order valence-electron chi connectivity index (χ3n) is 2.88. The summed E-state index contributed by atoms with van der Waals surface area (Å²) in [6.07, 6.45) is 10.5. The number of rotatable bonds is 3. The lowest BCUT2D eigenvalue weighted by Gasteiger charge is -2.33. The quantitative estimate of drug-likeness (QED) is 0.666. The van der Waals surface area contributed by atoms with E-state index in [1.54, 1.807) is 0 Å². The maximum atomic E-state index is 6.25. The minimum absolute atomic E-state index is 0.230. The van der Waals surface area contributed by atoms with Crippen molar-refractivity contribution in [3.63, 3.8) is 0 Å². The molecule has 0 aromatic heterocycles. The number of nitrogens with two attached hydrogens (primary N) is 1. The topological polar surface area (TPSA) is 26.0 Å². The Bertz CT molecular complexity index is 103. The van der Waals surface area contributed by atoms with E-state index in [9.17, 15) is 0 Å². The molecule has 0 bridgehead atoms. The van der Waals surface area contributed by atoms with Gasteiger partial charge in [0, 0.05) is 5.54 Å². The Morgan fingerprint density at radius 2 is 1.82 bits per heavy atom. The van der Waals surface area contributed by atoms with E-state index in [4.69, 9.17) is 5.73 Å². The minimum Gasteiger partial charge on any atom is -0.325 e. The fourth-order valence-electron chi connectivity index (χ4n) is 2.03. The zero-order chi connectivity index (χ0) is 8.16. The molecule has 1 fully saturated rings. The lowest BCUT2D eigenvalue weighted by Crippen LogP contribution is -2.41. The first kappa shape index (κ1) is 9.05. The summed E-state index contributed by atoms with van der Waals surface area (Å²) in [6, 6.07) is 0. The van der Waals surface area contributed by atoms with E-state index in [1.807, 2.05) is 0 Å². The van der Waals surface area contributed by atoms with Crippen LogP contribution >= 0.6 is 0 Å². The van der Waals surface area contributed by atoms with Gasteiger partial charge in [-0.15, -0.1) is 0 Å². The van der Waals surface area contributed by atoms with Gasteiger partial charge in [0.15, 0.2) is 0 Å². The zero-order valence-corrected chi connectivity index (χ0v) is 7.73. The molecule has 0 radical (unpaired) electrons. The first-order valence-electron chi connectivity index (χ1n) is 5.06. The molecule has 0 aromatic rings. The van der Waals surface area contributed by atoms with Gasteiger partial charge in [0.05, 0.1) is 0 Å². The fourth-order valence-corrected chi connectivity index (χ4v) is 2.03. The molecule has 1 saturated carbocycles. The molecule has 0 heterocycles. The van der Waals surface area contributed by atoms with Crippen molar-refractivity contribution in [3.8, 4) is 0 Å². The summed E-state index contributed by atoms with van der Waals surface area (Å²) in [7, 11) is 0. The van der Waals surface area contributed by atoms with E-state index in [0.717, 1.165) is 0 Å². The highest BCUT2D eigenvalue weighted by Crippen LogP contribution is 2.29. The highest BCUT2D eigenvalue weighted by molar-refractivity contribution is 4.86. The first-order chi connectivity index (χ1) is 5.27. The van der Waals surface area contributed by atoms with Crippen LogP contribution < -0.4 is 5.73 Å². The van der Waals surface area contributed by atoms with Gasteiger partial charge in [0.25, 0.3) is 0 Å². The van der Waals surface area contributed by atoms with E-state index < -0.39 is 0 Å². The third kappa shape index (κ3) is 2.82. The summed E-state index contributed by atoms with van der Waals surface area (Å²) in [4.78, 5) is 0. The first-order valence-corrected chi connectivity index (χ1v) is 5.06. The minimum atomic E-state index is 0.230. The fraction of sp³-hybridized carbons (Fsp3) is 1.00. The summed E-state index contributed by atoms with van der Waals surface area (Å²) in [5.41, 5.74) is 6.48. The Kier molecular flexibility index (Phi) is 3.38. The van der Waals surface area contributed by atoms with Crippen LogP contribution in [0.2, 0.25) is 0 Å². The average Bonchev–Trinajstić information content (AvgIpc) is 2.03. The summed E-state index contributed by atoms with van der Waals surface area (Å²) in [5.74, 6) is 0. The van der Waals surface area contributed by atoms with Crippen LogP contribution in [0.1, 0.15) is 58.3 Å². The van der Waals surface area contributed by atoms with E-state index in [0.29, 0.717) is 0 Å². The molecule has 11 heavy (non-hydrogen) atoms. The molecule has 0 saturated heterocycles. The molecule has 1 aliphatic carbocycles. The maximum Gasteiger partial charge on any atom is 0.0154 e. The average molecular weight is 155 g/mol. The van der Waals surface area contributed by atoms with Crippen molar-refractivity contribution in [2.75, 3.05) is 0 Å². The molecular formula is C10H21N. The molecule has 1 rings (SSSR count). The second-order valence-corrected chi connectivity index (χ2v) is 4.03. The van der Waals surface area contributed by atoms with Gasteiger partial charge < -0.3 is 5.73 Å². The second kappa shape index (κ2) is 4.10. The van der Waals surface area contributed by atoms with Crippen molar-refractivity contribution in [3.05, 3.63) is 0 Å². The van der Waals surface area contributed by atoms with Crippen LogP contribution in [0.25, 0.3) is 0 Å². The summed E-state index contributed by atoms with van der Waals surface area (Å²) in [5, 5.41) is 0. The van der Waals surface area contributed by atoms with Crippen LogP contribution in [0.3, 0.4) is 0 Å². The maximum absolute atomic E-state index is 6.25. The monoisotopic (exact) mass is 155 g/mol. The van der Waals surface area contributed by atoms with Crippen LogP contribution in [0.4, 0.5) is 0 Å². The molecule has 0 spiro atoms. The predicted molar refractivity (Wildman–Crippen MR) is 49.5 cm³/mol. The highest BCUT2D eigenvalue weighted by Gasteiger charge is 2.25. The Morgan fingerprint density at radius 3 is 2.36 bits per heavy atom. The van der Waals surface area contributed by atoms with E-state index in [2.05, 4.69) is 6.92 Å².